The number of carbonyl (C=O) groups is 1. The molecule has 1 atom stereocenters. The first kappa shape index (κ1) is 14.2. The minimum Gasteiger partial charge on any atom is -0.394 e. The van der Waals surface area contributed by atoms with Gasteiger partial charge in [0.05, 0.1) is 19.1 Å². The molecule has 94 valence electrons. The lowest BCUT2D eigenvalue weighted by Crippen LogP contribution is -2.41. The van der Waals surface area contributed by atoms with E-state index in [0.717, 1.165) is 10.0 Å². The lowest BCUT2D eigenvalue weighted by Gasteiger charge is -2.19. The highest BCUT2D eigenvalue weighted by molar-refractivity contribution is 9.10. The van der Waals surface area contributed by atoms with Gasteiger partial charge in [0.2, 0.25) is 5.91 Å². The van der Waals surface area contributed by atoms with Crippen LogP contribution in [0.2, 0.25) is 0 Å². The smallest absolute Gasteiger partial charge is 0.224 e. The molecule has 1 unspecified atom stereocenters. The Morgan fingerprint density at radius 3 is 2.41 bits per heavy atom. The van der Waals surface area contributed by atoms with Crippen molar-refractivity contribution >= 4 is 21.8 Å². The highest BCUT2D eigenvalue weighted by Gasteiger charge is 2.14. The van der Waals surface area contributed by atoms with Gasteiger partial charge in [-0.3, -0.25) is 4.79 Å². The van der Waals surface area contributed by atoms with Crippen LogP contribution < -0.4 is 5.32 Å². The second kappa shape index (κ2) is 6.77. The maximum atomic E-state index is 11.7. The summed E-state index contributed by atoms with van der Waals surface area (Å²) in [5.41, 5.74) is 0.964. The van der Waals surface area contributed by atoms with Gasteiger partial charge in [0.15, 0.2) is 0 Å². The second-order valence-electron chi connectivity index (χ2n) is 4.40. The van der Waals surface area contributed by atoms with Gasteiger partial charge in [-0.25, -0.2) is 0 Å². The van der Waals surface area contributed by atoms with E-state index in [1.807, 2.05) is 38.1 Å². The first-order valence-corrected chi connectivity index (χ1v) is 6.47. The van der Waals surface area contributed by atoms with E-state index in [1.54, 1.807) is 0 Å². The summed E-state index contributed by atoms with van der Waals surface area (Å²) in [7, 11) is 0. The van der Waals surface area contributed by atoms with Crippen molar-refractivity contribution in [3.8, 4) is 0 Å². The number of aliphatic hydroxyl groups is 1. The molecule has 0 spiro atoms. The number of nitrogens with one attached hydrogen (secondary N) is 1. The summed E-state index contributed by atoms with van der Waals surface area (Å²) in [5.74, 6) is 0.175. The molecule has 0 saturated carbocycles. The summed E-state index contributed by atoms with van der Waals surface area (Å²) in [5, 5.41) is 12.0. The van der Waals surface area contributed by atoms with Gasteiger partial charge in [0.25, 0.3) is 0 Å². The van der Waals surface area contributed by atoms with E-state index in [9.17, 15) is 4.79 Å². The molecule has 0 aliphatic carbocycles. The SMILES string of the molecule is CC(C)C(CO)NC(=O)Cc1ccc(Br)cc1. The highest BCUT2D eigenvalue weighted by Crippen LogP contribution is 2.11. The van der Waals surface area contributed by atoms with Crippen LogP contribution in [-0.2, 0) is 11.2 Å². The van der Waals surface area contributed by atoms with Crippen LogP contribution in [0.3, 0.4) is 0 Å². The molecule has 0 radical (unpaired) electrons. The van der Waals surface area contributed by atoms with Crippen LogP contribution in [0.5, 0.6) is 0 Å². The number of amides is 1. The molecule has 3 nitrogen and oxygen atoms in total. The monoisotopic (exact) mass is 299 g/mol. The molecule has 0 bridgehead atoms. The van der Waals surface area contributed by atoms with E-state index in [0.29, 0.717) is 6.42 Å². The molecule has 1 amide bonds. The predicted octanol–water partition coefficient (Wildman–Crippen LogP) is 2.12. The van der Waals surface area contributed by atoms with Crippen molar-refractivity contribution in [3.05, 3.63) is 34.3 Å². The summed E-state index contributed by atoms with van der Waals surface area (Å²) >= 11 is 3.35. The fourth-order valence-corrected chi connectivity index (χ4v) is 1.73. The van der Waals surface area contributed by atoms with Crippen LogP contribution in [0, 0.1) is 5.92 Å². The van der Waals surface area contributed by atoms with Crippen LogP contribution in [-0.4, -0.2) is 23.7 Å². The zero-order valence-corrected chi connectivity index (χ0v) is 11.7. The van der Waals surface area contributed by atoms with Crippen LogP contribution in [0.4, 0.5) is 0 Å². The molecule has 4 heteroatoms. The van der Waals surface area contributed by atoms with Gasteiger partial charge in [-0.1, -0.05) is 41.9 Å². The van der Waals surface area contributed by atoms with E-state index in [4.69, 9.17) is 5.11 Å². The Morgan fingerprint density at radius 2 is 1.94 bits per heavy atom. The fraction of sp³-hybridized carbons (Fsp3) is 0.462. The van der Waals surface area contributed by atoms with E-state index >= 15 is 0 Å². The van der Waals surface area contributed by atoms with E-state index in [2.05, 4.69) is 21.2 Å². The standard InChI is InChI=1S/C13H18BrNO2/c1-9(2)12(8-16)15-13(17)7-10-3-5-11(14)6-4-10/h3-6,9,12,16H,7-8H2,1-2H3,(H,15,17). The van der Waals surface area contributed by atoms with Gasteiger partial charge >= 0.3 is 0 Å². The van der Waals surface area contributed by atoms with Gasteiger partial charge in [0, 0.05) is 4.47 Å². The van der Waals surface area contributed by atoms with Crippen LogP contribution in [0.25, 0.3) is 0 Å². The average Bonchev–Trinajstić information content (AvgIpc) is 2.28. The zero-order chi connectivity index (χ0) is 12.8. The van der Waals surface area contributed by atoms with E-state index < -0.39 is 0 Å². The molecule has 2 N–H and O–H groups in total. The molecule has 0 aromatic heterocycles. The lowest BCUT2D eigenvalue weighted by molar-refractivity contribution is -0.121. The summed E-state index contributed by atoms with van der Waals surface area (Å²) in [6.07, 6.45) is 0.344. The summed E-state index contributed by atoms with van der Waals surface area (Å²) in [4.78, 5) is 11.7. The third-order valence-corrected chi connectivity index (χ3v) is 3.15. The number of aliphatic hydroxyl groups excluding tert-OH is 1. The van der Waals surface area contributed by atoms with Crippen molar-refractivity contribution in [1.29, 1.82) is 0 Å². The molecule has 0 saturated heterocycles. The van der Waals surface area contributed by atoms with Gasteiger partial charge in [-0.15, -0.1) is 0 Å². The summed E-state index contributed by atoms with van der Waals surface area (Å²) in [6.45, 7) is 3.92. The lowest BCUT2D eigenvalue weighted by atomic mass is 10.0. The Morgan fingerprint density at radius 1 is 1.35 bits per heavy atom. The number of rotatable bonds is 5. The molecule has 0 heterocycles. The van der Waals surface area contributed by atoms with E-state index in [-0.39, 0.29) is 24.5 Å². The third-order valence-electron chi connectivity index (χ3n) is 2.63. The van der Waals surface area contributed by atoms with Gasteiger partial charge in [-0.2, -0.15) is 0 Å². The van der Waals surface area contributed by atoms with Crippen LogP contribution in [0.15, 0.2) is 28.7 Å². The topological polar surface area (TPSA) is 49.3 Å². The van der Waals surface area contributed by atoms with Crippen molar-refractivity contribution in [1.82, 2.24) is 5.32 Å². The van der Waals surface area contributed by atoms with Gasteiger partial charge in [-0.05, 0) is 23.6 Å². The Balaban J connectivity index is 2.52. The molecule has 0 aliphatic rings. The number of benzene rings is 1. The fourth-order valence-electron chi connectivity index (χ4n) is 1.47. The van der Waals surface area contributed by atoms with E-state index in [1.165, 1.54) is 0 Å². The Hall–Kier alpha value is -0.870. The average molecular weight is 300 g/mol. The number of halogens is 1. The third kappa shape index (κ3) is 4.88. The van der Waals surface area contributed by atoms with Crippen LogP contribution >= 0.6 is 15.9 Å². The minimum atomic E-state index is -0.169. The first-order chi connectivity index (χ1) is 8.02. The molecule has 0 aliphatic heterocycles. The Kier molecular flexibility index (Phi) is 5.65. The van der Waals surface area contributed by atoms with Crippen molar-refractivity contribution in [3.63, 3.8) is 0 Å². The molecule has 1 aromatic rings. The molecule has 1 aromatic carbocycles. The quantitative estimate of drug-likeness (QED) is 0.875. The van der Waals surface area contributed by atoms with Crippen molar-refractivity contribution < 1.29 is 9.90 Å². The normalized spacial score (nSPS) is 12.5. The Labute approximate surface area is 110 Å². The Bertz CT molecular complexity index is 362. The molecule has 17 heavy (non-hydrogen) atoms. The van der Waals surface area contributed by atoms with Gasteiger partial charge < -0.3 is 10.4 Å². The summed E-state index contributed by atoms with van der Waals surface area (Å²) < 4.78 is 0.997. The number of hydrogen-bond acceptors (Lipinski definition) is 2. The van der Waals surface area contributed by atoms with Crippen molar-refractivity contribution in [2.75, 3.05) is 6.61 Å². The largest absolute Gasteiger partial charge is 0.394 e. The molecule has 1 rings (SSSR count). The number of hydrogen-bond donors (Lipinski definition) is 2. The first-order valence-electron chi connectivity index (χ1n) is 5.67. The van der Waals surface area contributed by atoms with Crippen molar-refractivity contribution in [2.45, 2.75) is 26.3 Å². The maximum absolute atomic E-state index is 11.7. The van der Waals surface area contributed by atoms with Crippen LogP contribution in [0.1, 0.15) is 19.4 Å². The summed E-state index contributed by atoms with van der Waals surface area (Å²) in [6, 6.07) is 7.47. The van der Waals surface area contributed by atoms with Crippen molar-refractivity contribution in [2.24, 2.45) is 5.92 Å². The number of carbonyl (C=O) groups excluding carboxylic acids is 1. The molecular formula is C13H18BrNO2. The van der Waals surface area contributed by atoms with Gasteiger partial charge in [0.1, 0.15) is 0 Å². The predicted molar refractivity (Wildman–Crippen MR) is 71.7 cm³/mol. The maximum Gasteiger partial charge on any atom is 0.224 e. The minimum absolute atomic E-state index is 0.0241. The highest BCUT2D eigenvalue weighted by atomic mass is 79.9. The second-order valence-corrected chi connectivity index (χ2v) is 5.32. The molecular weight excluding hydrogens is 282 g/mol. The zero-order valence-electron chi connectivity index (χ0n) is 10.1. The molecule has 0 fully saturated rings.